The molecule has 2 rings (SSSR count). The van der Waals surface area contributed by atoms with Crippen molar-refractivity contribution < 1.29 is 9.15 Å². The monoisotopic (exact) mass is 260 g/mol. The largest absolute Gasteiger partial charge is 0.495 e. The Bertz CT molecular complexity index is 522. The third-order valence-corrected chi connectivity index (χ3v) is 3.11. The number of hydrogen-bond donors (Lipinski definition) is 1. The number of furan rings is 1. The molecule has 0 fully saturated rings. The highest BCUT2D eigenvalue weighted by molar-refractivity contribution is 5.37. The van der Waals surface area contributed by atoms with E-state index in [-0.39, 0.29) is 6.04 Å². The average Bonchev–Trinajstić information content (AvgIpc) is 2.93. The molecule has 0 spiro atoms. The fraction of sp³-hybridized carbons (Fsp3) is 0.400. The molecule has 0 aliphatic carbocycles. The molecular formula is C15H20N2O2. The van der Waals surface area contributed by atoms with Crippen molar-refractivity contribution in [1.29, 1.82) is 0 Å². The summed E-state index contributed by atoms with van der Waals surface area (Å²) in [4.78, 5) is 4.47. The van der Waals surface area contributed by atoms with Gasteiger partial charge in [-0.15, -0.1) is 0 Å². The first-order valence-corrected chi connectivity index (χ1v) is 6.60. The van der Waals surface area contributed by atoms with Gasteiger partial charge in [0.05, 0.1) is 19.4 Å². The third kappa shape index (κ3) is 2.79. The van der Waals surface area contributed by atoms with Gasteiger partial charge in [0.25, 0.3) is 0 Å². The van der Waals surface area contributed by atoms with E-state index in [1.54, 1.807) is 19.6 Å². The molecule has 1 N–H and O–H groups in total. The Balaban J connectivity index is 2.45. The first kappa shape index (κ1) is 13.6. The molecule has 0 aliphatic heterocycles. The molecule has 102 valence electrons. The van der Waals surface area contributed by atoms with Crippen molar-refractivity contribution in [2.75, 3.05) is 13.7 Å². The summed E-state index contributed by atoms with van der Waals surface area (Å²) in [6, 6.07) is 5.80. The van der Waals surface area contributed by atoms with E-state index in [0.29, 0.717) is 0 Å². The van der Waals surface area contributed by atoms with E-state index in [2.05, 4.69) is 24.1 Å². The van der Waals surface area contributed by atoms with Gasteiger partial charge in [-0.05, 0) is 24.7 Å². The number of hydrogen-bond acceptors (Lipinski definition) is 4. The lowest BCUT2D eigenvalue weighted by molar-refractivity contribution is 0.399. The predicted molar refractivity (Wildman–Crippen MR) is 74.4 cm³/mol. The van der Waals surface area contributed by atoms with Crippen LogP contribution >= 0.6 is 0 Å². The first-order valence-electron chi connectivity index (χ1n) is 6.60. The summed E-state index contributed by atoms with van der Waals surface area (Å²) in [6.07, 6.45) is 4.38. The highest BCUT2D eigenvalue weighted by atomic mass is 16.5. The third-order valence-electron chi connectivity index (χ3n) is 3.11. The summed E-state index contributed by atoms with van der Waals surface area (Å²) in [5.41, 5.74) is 2.02. The maximum Gasteiger partial charge on any atom is 0.142 e. The zero-order valence-corrected chi connectivity index (χ0v) is 11.6. The Kier molecular flexibility index (Phi) is 4.58. The van der Waals surface area contributed by atoms with Crippen molar-refractivity contribution in [1.82, 2.24) is 10.3 Å². The van der Waals surface area contributed by atoms with Crippen LogP contribution in [0.4, 0.5) is 0 Å². The Morgan fingerprint density at radius 1 is 1.37 bits per heavy atom. The van der Waals surface area contributed by atoms with Crippen LogP contribution in [-0.2, 0) is 6.42 Å². The summed E-state index contributed by atoms with van der Waals surface area (Å²) in [5.74, 6) is 1.77. The van der Waals surface area contributed by atoms with Gasteiger partial charge in [-0.1, -0.05) is 13.8 Å². The molecule has 0 radical (unpaired) electrons. The number of nitrogens with one attached hydrogen (secondary N) is 1. The molecular weight excluding hydrogens is 240 g/mol. The fourth-order valence-corrected chi connectivity index (χ4v) is 2.25. The van der Waals surface area contributed by atoms with Crippen LogP contribution in [0.15, 0.2) is 35.1 Å². The molecule has 0 bridgehead atoms. The van der Waals surface area contributed by atoms with Crippen LogP contribution in [0.25, 0.3) is 0 Å². The van der Waals surface area contributed by atoms with Crippen molar-refractivity contribution >= 4 is 0 Å². The van der Waals surface area contributed by atoms with E-state index in [1.807, 2.05) is 18.2 Å². The molecule has 2 heterocycles. The van der Waals surface area contributed by atoms with Crippen molar-refractivity contribution in [3.63, 3.8) is 0 Å². The Morgan fingerprint density at radius 3 is 2.89 bits per heavy atom. The maximum atomic E-state index is 5.53. The number of methoxy groups -OCH3 is 1. The van der Waals surface area contributed by atoms with Gasteiger partial charge in [0.2, 0.25) is 0 Å². The summed E-state index contributed by atoms with van der Waals surface area (Å²) in [6.45, 7) is 5.01. The number of pyridine rings is 1. The van der Waals surface area contributed by atoms with Gasteiger partial charge in [0.1, 0.15) is 17.2 Å². The molecule has 0 saturated heterocycles. The van der Waals surface area contributed by atoms with Gasteiger partial charge < -0.3 is 14.5 Å². The van der Waals surface area contributed by atoms with Gasteiger partial charge in [0.15, 0.2) is 0 Å². The fourth-order valence-electron chi connectivity index (χ4n) is 2.25. The summed E-state index contributed by atoms with van der Waals surface area (Å²) in [5, 5.41) is 3.45. The first-order chi connectivity index (χ1) is 9.31. The van der Waals surface area contributed by atoms with Crippen molar-refractivity contribution in [2.45, 2.75) is 26.3 Å². The lowest BCUT2D eigenvalue weighted by Crippen LogP contribution is -2.24. The van der Waals surface area contributed by atoms with E-state index in [9.17, 15) is 0 Å². The van der Waals surface area contributed by atoms with Crippen molar-refractivity contribution in [2.24, 2.45) is 0 Å². The Morgan fingerprint density at radius 2 is 2.21 bits per heavy atom. The molecule has 1 unspecified atom stereocenters. The van der Waals surface area contributed by atoms with E-state index in [1.165, 1.54) is 0 Å². The Hall–Kier alpha value is -1.81. The molecule has 19 heavy (non-hydrogen) atoms. The molecule has 4 nitrogen and oxygen atoms in total. The SMILES string of the molecule is CCNC(c1ccoc1CC)c1ncccc1OC. The lowest BCUT2D eigenvalue weighted by atomic mass is 10.0. The molecule has 1 atom stereocenters. The van der Waals surface area contributed by atoms with Crippen LogP contribution in [0.1, 0.15) is 36.9 Å². The standard InChI is InChI=1S/C15H20N2O2/c1-4-12-11(8-10-19-12)14(16-5-2)15-13(18-3)7-6-9-17-15/h6-10,14,16H,4-5H2,1-3H3. The minimum atomic E-state index is -0.00477. The van der Waals surface area contributed by atoms with Gasteiger partial charge in [0, 0.05) is 18.2 Å². The topological polar surface area (TPSA) is 47.3 Å². The second-order valence-electron chi connectivity index (χ2n) is 4.23. The summed E-state index contributed by atoms with van der Waals surface area (Å²) < 4.78 is 10.9. The minimum Gasteiger partial charge on any atom is -0.495 e. The van der Waals surface area contributed by atoms with Crippen molar-refractivity contribution in [3.8, 4) is 5.75 Å². The molecule has 0 aliphatic rings. The second-order valence-corrected chi connectivity index (χ2v) is 4.23. The maximum absolute atomic E-state index is 5.53. The normalized spacial score (nSPS) is 12.4. The minimum absolute atomic E-state index is 0.00477. The van der Waals surface area contributed by atoms with E-state index in [0.717, 1.165) is 35.7 Å². The van der Waals surface area contributed by atoms with Gasteiger partial charge >= 0.3 is 0 Å². The molecule has 0 aromatic carbocycles. The van der Waals surface area contributed by atoms with E-state index >= 15 is 0 Å². The van der Waals surface area contributed by atoms with Crippen LogP contribution in [0.3, 0.4) is 0 Å². The molecule has 0 amide bonds. The lowest BCUT2D eigenvalue weighted by Gasteiger charge is -2.19. The van der Waals surface area contributed by atoms with Crippen LogP contribution in [0.5, 0.6) is 5.75 Å². The zero-order chi connectivity index (χ0) is 13.7. The van der Waals surface area contributed by atoms with E-state index in [4.69, 9.17) is 9.15 Å². The van der Waals surface area contributed by atoms with Crippen LogP contribution < -0.4 is 10.1 Å². The number of aromatic nitrogens is 1. The number of ether oxygens (including phenoxy) is 1. The Labute approximate surface area is 113 Å². The second kappa shape index (κ2) is 6.38. The average molecular weight is 260 g/mol. The van der Waals surface area contributed by atoms with Gasteiger partial charge in [-0.2, -0.15) is 0 Å². The number of nitrogens with zero attached hydrogens (tertiary/aromatic N) is 1. The number of rotatable bonds is 6. The van der Waals surface area contributed by atoms with Gasteiger partial charge in [-0.3, -0.25) is 4.98 Å². The molecule has 2 aromatic heterocycles. The van der Waals surface area contributed by atoms with Crippen LogP contribution in [0, 0.1) is 0 Å². The number of aryl methyl sites for hydroxylation is 1. The van der Waals surface area contributed by atoms with Crippen LogP contribution in [0.2, 0.25) is 0 Å². The summed E-state index contributed by atoms with van der Waals surface area (Å²) >= 11 is 0. The molecule has 0 saturated carbocycles. The predicted octanol–water partition coefficient (Wildman–Crippen LogP) is 2.94. The van der Waals surface area contributed by atoms with Gasteiger partial charge in [-0.25, -0.2) is 0 Å². The highest BCUT2D eigenvalue weighted by Gasteiger charge is 2.22. The van der Waals surface area contributed by atoms with Crippen LogP contribution in [-0.4, -0.2) is 18.6 Å². The molecule has 2 aromatic rings. The summed E-state index contributed by atoms with van der Waals surface area (Å²) in [7, 11) is 1.67. The zero-order valence-electron chi connectivity index (χ0n) is 11.6. The van der Waals surface area contributed by atoms with Crippen molar-refractivity contribution in [3.05, 3.63) is 47.7 Å². The van der Waals surface area contributed by atoms with E-state index < -0.39 is 0 Å². The smallest absolute Gasteiger partial charge is 0.142 e. The molecule has 4 heteroatoms. The highest BCUT2D eigenvalue weighted by Crippen LogP contribution is 2.30. The quantitative estimate of drug-likeness (QED) is 0.867.